The molecular formula is C12H21N3O2. The number of amides is 1. The summed E-state index contributed by atoms with van der Waals surface area (Å²) in [5.74, 6) is 0.379. The Morgan fingerprint density at radius 2 is 2.00 bits per heavy atom. The zero-order valence-electron chi connectivity index (χ0n) is 11.2. The van der Waals surface area contributed by atoms with Crippen LogP contribution >= 0.6 is 0 Å². The average Bonchev–Trinajstić information content (AvgIpc) is 2.47. The van der Waals surface area contributed by atoms with Crippen molar-refractivity contribution in [1.29, 1.82) is 0 Å². The van der Waals surface area contributed by atoms with Crippen molar-refractivity contribution in [2.24, 2.45) is 0 Å². The predicted molar refractivity (Wildman–Crippen MR) is 67.0 cm³/mol. The molecule has 0 atom stereocenters. The summed E-state index contributed by atoms with van der Waals surface area (Å²) in [6.45, 7) is 10.5. The molecule has 17 heavy (non-hydrogen) atoms. The summed E-state index contributed by atoms with van der Waals surface area (Å²) in [5, 5.41) is 9.74. The van der Waals surface area contributed by atoms with Crippen LogP contribution in [0, 0.1) is 13.8 Å². The summed E-state index contributed by atoms with van der Waals surface area (Å²) < 4.78 is 5.01. The van der Waals surface area contributed by atoms with Gasteiger partial charge >= 0.3 is 0 Å². The molecule has 0 spiro atoms. The lowest BCUT2D eigenvalue weighted by molar-refractivity contribution is -0.116. The minimum absolute atomic E-state index is 0.0268. The highest BCUT2D eigenvalue weighted by atomic mass is 16.5. The molecule has 0 unspecified atom stereocenters. The van der Waals surface area contributed by atoms with Crippen molar-refractivity contribution in [3.05, 3.63) is 11.3 Å². The number of carbonyl (C=O) groups is 1. The maximum Gasteiger partial charge on any atom is 0.234 e. The Hall–Kier alpha value is -1.36. The Morgan fingerprint density at radius 3 is 2.47 bits per heavy atom. The van der Waals surface area contributed by atoms with Crippen LogP contribution in [0.3, 0.4) is 0 Å². The molecule has 1 rings (SSSR count). The van der Waals surface area contributed by atoms with Gasteiger partial charge in [0.1, 0.15) is 0 Å². The number of hydrogen-bond donors (Lipinski definition) is 2. The number of hydrogen-bond acceptors (Lipinski definition) is 4. The van der Waals surface area contributed by atoms with Gasteiger partial charge in [0.2, 0.25) is 11.8 Å². The minimum atomic E-state index is -0.0685. The van der Waals surface area contributed by atoms with Crippen LogP contribution in [-0.2, 0) is 4.79 Å². The highest BCUT2D eigenvalue weighted by Gasteiger charge is 2.13. The molecule has 0 bridgehead atoms. The van der Waals surface area contributed by atoms with E-state index in [9.17, 15) is 4.79 Å². The average molecular weight is 239 g/mol. The first kappa shape index (κ1) is 13.7. The van der Waals surface area contributed by atoms with E-state index < -0.39 is 0 Å². The number of aromatic nitrogens is 1. The molecule has 1 amide bonds. The maximum atomic E-state index is 11.6. The topological polar surface area (TPSA) is 67.2 Å². The van der Waals surface area contributed by atoms with Gasteiger partial charge in [0.25, 0.3) is 0 Å². The normalized spacial score (nSPS) is 11.6. The maximum absolute atomic E-state index is 11.6. The van der Waals surface area contributed by atoms with E-state index in [0.717, 1.165) is 11.3 Å². The van der Waals surface area contributed by atoms with Crippen LogP contribution in [0.15, 0.2) is 4.52 Å². The number of anilines is 1. The van der Waals surface area contributed by atoms with E-state index in [1.165, 1.54) is 0 Å². The molecule has 0 aliphatic heterocycles. The number of aryl methyl sites for hydroxylation is 1. The molecule has 2 N–H and O–H groups in total. The van der Waals surface area contributed by atoms with Gasteiger partial charge in [0, 0.05) is 24.1 Å². The summed E-state index contributed by atoms with van der Waals surface area (Å²) >= 11 is 0. The SMILES string of the molecule is Cc1noc(NC(=O)CCNC(C)(C)C)c1C. The molecule has 0 aliphatic carbocycles. The van der Waals surface area contributed by atoms with E-state index >= 15 is 0 Å². The van der Waals surface area contributed by atoms with Crippen molar-refractivity contribution in [3.63, 3.8) is 0 Å². The van der Waals surface area contributed by atoms with E-state index in [1.807, 2.05) is 13.8 Å². The summed E-state index contributed by atoms with van der Waals surface area (Å²) in [5.41, 5.74) is 1.70. The Balaban J connectivity index is 2.38. The molecule has 0 aromatic carbocycles. The Morgan fingerprint density at radius 1 is 1.35 bits per heavy atom. The van der Waals surface area contributed by atoms with E-state index in [2.05, 4.69) is 36.6 Å². The monoisotopic (exact) mass is 239 g/mol. The van der Waals surface area contributed by atoms with Gasteiger partial charge in [-0.1, -0.05) is 5.16 Å². The lowest BCUT2D eigenvalue weighted by Crippen LogP contribution is -2.37. The predicted octanol–water partition coefficient (Wildman–Crippen LogP) is 2.01. The van der Waals surface area contributed by atoms with E-state index in [0.29, 0.717) is 18.8 Å². The fourth-order valence-corrected chi connectivity index (χ4v) is 1.27. The van der Waals surface area contributed by atoms with Crippen molar-refractivity contribution in [1.82, 2.24) is 10.5 Å². The zero-order valence-corrected chi connectivity index (χ0v) is 11.2. The minimum Gasteiger partial charge on any atom is -0.338 e. The molecule has 0 saturated heterocycles. The molecule has 5 nitrogen and oxygen atoms in total. The molecule has 1 heterocycles. The highest BCUT2D eigenvalue weighted by Crippen LogP contribution is 2.17. The molecule has 0 saturated carbocycles. The second kappa shape index (κ2) is 5.31. The molecule has 1 aromatic rings. The van der Waals surface area contributed by atoms with Crippen molar-refractivity contribution in [2.75, 3.05) is 11.9 Å². The van der Waals surface area contributed by atoms with Crippen molar-refractivity contribution in [3.8, 4) is 0 Å². The fraction of sp³-hybridized carbons (Fsp3) is 0.667. The van der Waals surface area contributed by atoms with Crippen LogP contribution in [-0.4, -0.2) is 23.1 Å². The Bertz CT molecular complexity index is 391. The van der Waals surface area contributed by atoms with Gasteiger partial charge in [0.15, 0.2) is 0 Å². The molecular weight excluding hydrogens is 218 g/mol. The van der Waals surface area contributed by atoms with Crippen LogP contribution in [0.4, 0.5) is 5.88 Å². The van der Waals surface area contributed by atoms with Gasteiger partial charge in [-0.15, -0.1) is 0 Å². The van der Waals surface area contributed by atoms with Crippen LogP contribution in [0.1, 0.15) is 38.4 Å². The summed E-state index contributed by atoms with van der Waals surface area (Å²) in [4.78, 5) is 11.6. The van der Waals surface area contributed by atoms with Crippen molar-refractivity contribution >= 4 is 11.8 Å². The summed E-state index contributed by atoms with van der Waals surface area (Å²) in [6, 6.07) is 0. The van der Waals surface area contributed by atoms with Crippen LogP contribution in [0.25, 0.3) is 0 Å². The number of carbonyl (C=O) groups excluding carboxylic acids is 1. The van der Waals surface area contributed by atoms with Crippen LogP contribution in [0.5, 0.6) is 0 Å². The quantitative estimate of drug-likeness (QED) is 0.843. The van der Waals surface area contributed by atoms with E-state index in [4.69, 9.17) is 4.52 Å². The van der Waals surface area contributed by atoms with Gasteiger partial charge in [0.05, 0.1) is 5.69 Å². The molecule has 96 valence electrons. The third-order valence-electron chi connectivity index (χ3n) is 2.42. The fourth-order valence-electron chi connectivity index (χ4n) is 1.27. The lowest BCUT2D eigenvalue weighted by Gasteiger charge is -2.19. The highest BCUT2D eigenvalue weighted by molar-refractivity contribution is 5.90. The van der Waals surface area contributed by atoms with Crippen molar-refractivity contribution < 1.29 is 9.32 Å². The molecule has 0 radical (unpaired) electrons. The standard InChI is InChI=1S/C12H21N3O2/c1-8-9(2)15-17-11(8)14-10(16)6-7-13-12(3,4)5/h13H,6-7H2,1-5H3,(H,14,16). The third kappa shape index (κ3) is 4.56. The molecule has 5 heteroatoms. The van der Waals surface area contributed by atoms with Gasteiger partial charge < -0.3 is 9.84 Å². The Labute approximate surface area is 102 Å². The molecule has 0 aliphatic rings. The smallest absolute Gasteiger partial charge is 0.234 e. The van der Waals surface area contributed by atoms with Gasteiger partial charge in [-0.3, -0.25) is 10.1 Å². The second-order valence-corrected chi connectivity index (χ2v) is 5.20. The molecule has 0 fully saturated rings. The first-order valence-corrected chi connectivity index (χ1v) is 5.77. The largest absolute Gasteiger partial charge is 0.338 e. The zero-order chi connectivity index (χ0) is 13.1. The second-order valence-electron chi connectivity index (χ2n) is 5.20. The third-order valence-corrected chi connectivity index (χ3v) is 2.42. The number of rotatable bonds is 4. The van der Waals surface area contributed by atoms with Gasteiger partial charge in [-0.2, -0.15) is 0 Å². The Kier molecular flexibility index (Phi) is 4.28. The first-order valence-electron chi connectivity index (χ1n) is 5.77. The summed E-state index contributed by atoms with van der Waals surface area (Å²) in [6.07, 6.45) is 0.413. The molecule has 1 aromatic heterocycles. The van der Waals surface area contributed by atoms with Crippen LogP contribution < -0.4 is 10.6 Å². The first-order chi connectivity index (χ1) is 7.79. The van der Waals surface area contributed by atoms with Crippen LogP contribution in [0.2, 0.25) is 0 Å². The van der Waals surface area contributed by atoms with E-state index in [1.54, 1.807) is 0 Å². The van der Waals surface area contributed by atoms with Crippen molar-refractivity contribution in [2.45, 2.75) is 46.6 Å². The van der Waals surface area contributed by atoms with Gasteiger partial charge in [-0.25, -0.2) is 0 Å². The lowest BCUT2D eigenvalue weighted by atomic mass is 10.1. The number of nitrogens with zero attached hydrogens (tertiary/aromatic N) is 1. The summed E-state index contributed by atoms with van der Waals surface area (Å²) in [7, 11) is 0. The van der Waals surface area contributed by atoms with Gasteiger partial charge in [-0.05, 0) is 34.6 Å². The van der Waals surface area contributed by atoms with E-state index in [-0.39, 0.29) is 11.4 Å². The number of nitrogens with one attached hydrogen (secondary N) is 2.